The molecule has 0 saturated heterocycles. The maximum atomic E-state index is 12.5. The number of benzene rings is 1. The molecule has 0 unspecified atom stereocenters. The molecule has 0 bridgehead atoms. The number of hydrogen-bond donors (Lipinski definition) is 2. The number of amides is 1. The van der Waals surface area contributed by atoms with Gasteiger partial charge in [0.25, 0.3) is 5.91 Å². The van der Waals surface area contributed by atoms with Crippen LogP contribution in [-0.4, -0.2) is 20.7 Å². The molecule has 0 saturated carbocycles. The van der Waals surface area contributed by atoms with Crippen molar-refractivity contribution in [3.05, 3.63) is 65.1 Å². The van der Waals surface area contributed by atoms with Crippen LogP contribution in [0.1, 0.15) is 16.1 Å². The van der Waals surface area contributed by atoms with Crippen LogP contribution in [0.3, 0.4) is 0 Å². The maximum Gasteiger partial charge on any atom is 0.274 e. The van der Waals surface area contributed by atoms with Gasteiger partial charge in [-0.25, -0.2) is 0 Å². The Kier molecular flexibility index (Phi) is 4.48. The fraction of sp³-hybridized carbons (Fsp3) is 0.118. The summed E-state index contributed by atoms with van der Waals surface area (Å²) in [7, 11) is 1.84. The fourth-order valence-electron chi connectivity index (χ4n) is 2.24. The molecule has 0 aliphatic heterocycles. The second-order valence-electron chi connectivity index (χ2n) is 5.27. The van der Waals surface area contributed by atoms with Gasteiger partial charge in [-0.2, -0.15) is 5.10 Å². The largest absolute Gasteiger partial charge is 0.337 e. The number of para-hydroxylation sites is 2. The highest BCUT2D eigenvalue weighted by Crippen LogP contribution is 2.25. The van der Waals surface area contributed by atoms with Gasteiger partial charge in [0.05, 0.1) is 11.4 Å². The molecular formula is C17H16ClN5O. The minimum absolute atomic E-state index is 0.301. The van der Waals surface area contributed by atoms with Crippen LogP contribution in [0.5, 0.6) is 0 Å². The molecule has 7 heteroatoms. The van der Waals surface area contributed by atoms with Crippen LogP contribution in [0.25, 0.3) is 0 Å². The number of hydrogen-bond acceptors (Lipinski definition) is 4. The van der Waals surface area contributed by atoms with Gasteiger partial charge in [-0.05, 0) is 30.7 Å². The lowest BCUT2D eigenvalue weighted by Crippen LogP contribution is -2.16. The molecule has 3 aromatic rings. The summed E-state index contributed by atoms with van der Waals surface area (Å²) in [6.45, 7) is 1.77. The number of aromatic nitrogens is 3. The number of pyridine rings is 1. The third-order valence-corrected chi connectivity index (χ3v) is 3.91. The Labute approximate surface area is 144 Å². The molecule has 0 radical (unpaired) electrons. The highest BCUT2D eigenvalue weighted by Gasteiger charge is 2.14. The molecule has 1 aromatic carbocycles. The van der Waals surface area contributed by atoms with Gasteiger partial charge < -0.3 is 10.6 Å². The summed E-state index contributed by atoms with van der Waals surface area (Å²) < 4.78 is 1.70. The lowest BCUT2D eigenvalue weighted by atomic mass is 10.2. The Morgan fingerprint density at radius 3 is 2.62 bits per heavy atom. The minimum Gasteiger partial charge on any atom is -0.337 e. The van der Waals surface area contributed by atoms with Crippen LogP contribution in [0.15, 0.2) is 48.8 Å². The molecule has 1 amide bonds. The van der Waals surface area contributed by atoms with Gasteiger partial charge in [0.15, 0.2) is 5.82 Å². The highest BCUT2D eigenvalue weighted by molar-refractivity contribution is 6.31. The first-order valence-electron chi connectivity index (χ1n) is 7.33. The molecule has 0 spiro atoms. The standard InChI is InChI=1S/C17H16ClN5O/c1-11-12(18)7-9-19-16(11)17(24)21-14-6-4-3-5-13(14)20-15-8-10-23(2)22-15/h3-10H,1-2H3,(H,20,22)(H,21,24). The average molecular weight is 342 g/mol. The molecular weight excluding hydrogens is 326 g/mol. The van der Waals surface area contributed by atoms with E-state index in [-0.39, 0.29) is 5.91 Å². The molecule has 24 heavy (non-hydrogen) atoms. The normalized spacial score (nSPS) is 10.5. The van der Waals surface area contributed by atoms with Crippen LogP contribution >= 0.6 is 11.6 Å². The van der Waals surface area contributed by atoms with Crippen molar-refractivity contribution in [2.75, 3.05) is 10.6 Å². The maximum absolute atomic E-state index is 12.5. The second kappa shape index (κ2) is 6.72. The molecule has 2 aromatic heterocycles. The van der Waals surface area contributed by atoms with E-state index in [0.29, 0.717) is 27.8 Å². The summed E-state index contributed by atoms with van der Waals surface area (Å²) in [4.78, 5) is 16.6. The van der Waals surface area contributed by atoms with E-state index in [9.17, 15) is 4.79 Å². The Morgan fingerprint density at radius 1 is 1.17 bits per heavy atom. The summed E-state index contributed by atoms with van der Waals surface area (Å²) in [6.07, 6.45) is 3.35. The molecule has 0 aliphatic carbocycles. The first-order valence-corrected chi connectivity index (χ1v) is 7.70. The molecule has 2 heterocycles. The van der Waals surface area contributed by atoms with Crippen molar-refractivity contribution < 1.29 is 4.79 Å². The first kappa shape index (κ1) is 16.0. The average Bonchev–Trinajstić information content (AvgIpc) is 2.97. The Hall–Kier alpha value is -2.86. The van der Waals surface area contributed by atoms with Crippen molar-refractivity contribution in [3.8, 4) is 0 Å². The lowest BCUT2D eigenvalue weighted by molar-refractivity contribution is 0.102. The van der Waals surface area contributed by atoms with E-state index < -0.39 is 0 Å². The number of nitrogens with one attached hydrogen (secondary N) is 2. The zero-order chi connectivity index (χ0) is 17.1. The summed E-state index contributed by atoms with van der Waals surface area (Å²) in [5.41, 5.74) is 2.32. The molecule has 0 aliphatic rings. The number of rotatable bonds is 4. The Bertz CT molecular complexity index is 890. The summed E-state index contributed by atoms with van der Waals surface area (Å²) in [6, 6.07) is 10.9. The van der Waals surface area contributed by atoms with E-state index in [1.165, 1.54) is 6.20 Å². The van der Waals surface area contributed by atoms with E-state index >= 15 is 0 Å². The van der Waals surface area contributed by atoms with Gasteiger partial charge in [0.2, 0.25) is 0 Å². The second-order valence-corrected chi connectivity index (χ2v) is 5.67. The lowest BCUT2D eigenvalue weighted by Gasteiger charge is -2.12. The predicted molar refractivity (Wildman–Crippen MR) is 94.9 cm³/mol. The summed E-state index contributed by atoms with van der Waals surface area (Å²) >= 11 is 6.06. The van der Waals surface area contributed by atoms with E-state index in [1.807, 2.05) is 43.6 Å². The molecule has 0 fully saturated rings. The molecule has 2 N–H and O–H groups in total. The monoisotopic (exact) mass is 341 g/mol. The predicted octanol–water partition coefficient (Wildman–Crippen LogP) is 3.77. The van der Waals surface area contributed by atoms with Crippen LogP contribution < -0.4 is 10.6 Å². The van der Waals surface area contributed by atoms with Gasteiger partial charge in [-0.1, -0.05) is 23.7 Å². The Balaban J connectivity index is 1.85. The van der Waals surface area contributed by atoms with Crippen molar-refractivity contribution >= 4 is 34.7 Å². The quantitative estimate of drug-likeness (QED) is 0.757. The van der Waals surface area contributed by atoms with Crippen LogP contribution in [0.4, 0.5) is 17.2 Å². The van der Waals surface area contributed by atoms with Gasteiger partial charge in [0, 0.05) is 30.5 Å². The van der Waals surface area contributed by atoms with E-state index in [0.717, 1.165) is 5.69 Å². The fourth-order valence-corrected chi connectivity index (χ4v) is 2.39. The van der Waals surface area contributed by atoms with E-state index in [1.54, 1.807) is 17.7 Å². The third kappa shape index (κ3) is 3.38. The van der Waals surface area contributed by atoms with Crippen molar-refractivity contribution in [2.45, 2.75) is 6.92 Å². The molecule has 0 atom stereocenters. The smallest absolute Gasteiger partial charge is 0.274 e. The molecule has 6 nitrogen and oxygen atoms in total. The number of carbonyl (C=O) groups is 1. The van der Waals surface area contributed by atoms with E-state index in [2.05, 4.69) is 20.7 Å². The number of carbonyl (C=O) groups excluding carboxylic acids is 1. The van der Waals surface area contributed by atoms with Gasteiger partial charge in [-0.3, -0.25) is 14.5 Å². The topological polar surface area (TPSA) is 71.8 Å². The number of anilines is 3. The minimum atomic E-state index is -0.315. The Morgan fingerprint density at radius 2 is 1.92 bits per heavy atom. The number of aryl methyl sites for hydroxylation is 1. The van der Waals surface area contributed by atoms with Crippen LogP contribution in [0, 0.1) is 6.92 Å². The van der Waals surface area contributed by atoms with Crippen molar-refractivity contribution in [3.63, 3.8) is 0 Å². The number of nitrogens with zero attached hydrogens (tertiary/aromatic N) is 3. The molecule has 3 rings (SSSR count). The molecule has 122 valence electrons. The first-order chi connectivity index (χ1) is 11.5. The van der Waals surface area contributed by atoms with Crippen molar-refractivity contribution in [1.29, 1.82) is 0 Å². The van der Waals surface area contributed by atoms with Crippen molar-refractivity contribution in [1.82, 2.24) is 14.8 Å². The zero-order valence-corrected chi connectivity index (χ0v) is 14.0. The van der Waals surface area contributed by atoms with Gasteiger partial charge >= 0.3 is 0 Å². The SMILES string of the molecule is Cc1c(Cl)ccnc1C(=O)Nc1ccccc1Nc1ccn(C)n1. The van der Waals surface area contributed by atoms with Crippen LogP contribution in [-0.2, 0) is 7.05 Å². The van der Waals surface area contributed by atoms with Crippen LogP contribution in [0.2, 0.25) is 5.02 Å². The van der Waals surface area contributed by atoms with Crippen molar-refractivity contribution in [2.24, 2.45) is 7.05 Å². The third-order valence-electron chi connectivity index (χ3n) is 3.50. The highest BCUT2D eigenvalue weighted by atomic mass is 35.5. The van der Waals surface area contributed by atoms with E-state index in [4.69, 9.17) is 11.6 Å². The number of halogens is 1. The van der Waals surface area contributed by atoms with Gasteiger partial charge in [-0.15, -0.1) is 0 Å². The zero-order valence-electron chi connectivity index (χ0n) is 13.2. The van der Waals surface area contributed by atoms with Gasteiger partial charge in [0.1, 0.15) is 5.69 Å². The summed E-state index contributed by atoms with van der Waals surface area (Å²) in [5, 5.41) is 10.8. The summed E-state index contributed by atoms with van der Waals surface area (Å²) in [5.74, 6) is 0.376.